The molecule has 0 bridgehead atoms. The Morgan fingerprint density at radius 1 is 1.38 bits per heavy atom. The molecule has 2 atom stereocenters. The smallest absolute Gasteiger partial charge is 0.241 e. The summed E-state index contributed by atoms with van der Waals surface area (Å²) in [6, 6.07) is 3.60. The molecule has 1 aromatic rings. The van der Waals surface area contributed by atoms with Crippen molar-refractivity contribution in [2.75, 3.05) is 24.3 Å². The second kappa shape index (κ2) is 6.64. The van der Waals surface area contributed by atoms with E-state index < -0.39 is 11.9 Å². The molecule has 2 rings (SSSR count). The Morgan fingerprint density at radius 3 is 2.76 bits per heavy atom. The van der Waals surface area contributed by atoms with Crippen LogP contribution in [0.4, 0.5) is 15.8 Å². The third-order valence-corrected chi connectivity index (χ3v) is 3.28. The number of halogens is 1. The molecule has 0 spiro atoms. The predicted molar refractivity (Wildman–Crippen MR) is 76.5 cm³/mol. The number of carbonyl (C=O) groups is 2. The van der Waals surface area contributed by atoms with Crippen molar-refractivity contribution >= 4 is 23.2 Å². The highest BCUT2D eigenvalue weighted by molar-refractivity contribution is 5.96. The highest BCUT2D eigenvalue weighted by Crippen LogP contribution is 2.21. The maximum atomic E-state index is 13.7. The van der Waals surface area contributed by atoms with Crippen molar-refractivity contribution in [2.24, 2.45) is 0 Å². The molecule has 6 nitrogen and oxygen atoms in total. The monoisotopic (exact) mass is 295 g/mol. The Balaban J connectivity index is 2.04. The predicted octanol–water partition coefficient (Wildman–Crippen LogP) is 1.10. The highest BCUT2D eigenvalue weighted by Gasteiger charge is 2.29. The average Bonchev–Trinajstić information content (AvgIpc) is 2.91. The van der Waals surface area contributed by atoms with Crippen LogP contribution in [-0.4, -0.2) is 37.6 Å². The van der Waals surface area contributed by atoms with Gasteiger partial charge in [-0.2, -0.15) is 0 Å². The van der Waals surface area contributed by atoms with Gasteiger partial charge in [-0.05, 0) is 24.6 Å². The summed E-state index contributed by atoms with van der Waals surface area (Å²) in [5, 5.41) is 8.08. The van der Waals surface area contributed by atoms with Crippen LogP contribution in [0.5, 0.6) is 0 Å². The van der Waals surface area contributed by atoms with Gasteiger partial charge < -0.3 is 20.7 Å². The Bertz CT molecular complexity index is 550. The maximum absolute atomic E-state index is 13.7. The van der Waals surface area contributed by atoms with Gasteiger partial charge in [0, 0.05) is 26.3 Å². The number of ether oxygens (including phenoxy) is 1. The van der Waals surface area contributed by atoms with Crippen LogP contribution in [0.15, 0.2) is 18.2 Å². The summed E-state index contributed by atoms with van der Waals surface area (Å²) in [6.07, 6.45) is 0.520. The zero-order valence-electron chi connectivity index (χ0n) is 11.9. The number of amides is 2. The third kappa shape index (κ3) is 3.99. The molecule has 7 heteroatoms. The fraction of sp³-hybridized carbons (Fsp3) is 0.429. The van der Waals surface area contributed by atoms with Gasteiger partial charge in [0.2, 0.25) is 11.8 Å². The molecule has 21 heavy (non-hydrogen) atoms. The van der Waals surface area contributed by atoms with Gasteiger partial charge in [-0.25, -0.2) is 4.39 Å². The number of hydrogen-bond acceptors (Lipinski definition) is 4. The van der Waals surface area contributed by atoms with E-state index in [1.54, 1.807) is 7.11 Å². The Kier molecular flexibility index (Phi) is 4.87. The molecule has 1 aliphatic rings. The molecule has 114 valence electrons. The van der Waals surface area contributed by atoms with E-state index in [0.717, 1.165) is 0 Å². The minimum absolute atomic E-state index is 0.0173. The van der Waals surface area contributed by atoms with Crippen LogP contribution in [0.25, 0.3) is 0 Å². The summed E-state index contributed by atoms with van der Waals surface area (Å²) in [4.78, 5) is 23.1. The van der Waals surface area contributed by atoms with E-state index in [1.807, 2.05) is 0 Å². The molecule has 0 radical (unpaired) electrons. The molecule has 1 saturated heterocycles. The molecule has 3 N–H and O–H groups in total. The van der Waals surface area contributed by atoms with Gasteiger partial charge in [0.25, 0.3) is 0 Å². The normalized spacial score (nSPS) is 21.1. The number of benzene rings is 1. The molecule has 2 unspecified atom stereocenters. The molecule has 2 amide bonds. The van der Waals surface area contributed by atoms with Crippen LogP contribution in [-0.2, 0) is 14.3 Å². The van der Waals surface area contributed by atoms with Crippen molar-refractivity contribution in [1.29, 1.82) is 0 Å². The number of hydrogen-bond donors (Lipinski definition) is 3. The fourth-order valence-corrected chi connectivity index (χ4v) is 2.20. The van der Waals surface area contributed by atoms with Crippen molar-refractivity contribution < 1.29 is 18.7 Å². The number of nitrogens with one attached hydrogen (secondary N) is 3. The first-order valence-electron chi connectivity index (χ1n) is 6.63. The average molecular weight is 295 g/mol. The SMILES string of the molecule is COC1CNC(C(=O)Nc2cc(NC(C)=O)ccc2F)C1. The van der Waals surface area contributed by atoms with Crippen LogP contribution in [0.1, 0.15) is 13.3 Å². The molecule has 1 aromatic carbocycles. The fourth-order valence-electron chi connectivity index (χ4n) is 2.20. The second-order valence-corrected chi connectivity index (χ2v) is 4.92. The molecule has 0 aliphatic carbocycles. The van der Waals surface area contributed by atoms with Gasteiger partial charge in [-0.1, -0.05) is 0 Å². The van der Waals surface area contributed by atoms with E-state index in [1.165, 1.54) is 25.1 Å². The van der Waals surface area contributed by atoms with Gasteiger partial charge in [0.15, 0.2) is 0 Å². The Morgan fingerprint density at radius 2 is 2.14 bits per heavy atom. The van der Waals surface area contributed by atoms with Crippen LogP contribution >= 0.6 is 0 Å². The van der Waals surface area contributed by atoms with Gasteiger partial charge in [-0.15, -0.1) is 0 Å². The van der Waals surface area contributed by atoms with Gasteiger partial charge >= 0.3 is 0 Å². The van der Waals surface area contributed by atoms with Crippen LogP contribution in [0, 0.1) is 5.82 Å². The lowest BCUT2D eigenvalue weighted by molar-refractivity contribution is -0.118. The van der Waals surface area contributed by atoms with E-state index in [0.29, 0.717) is 18.7 Å². The summed E-state index contributed by atoms with van der Waals surface area (Å²) in [5.74, 6) is -1.15. The van der Waals surface area contributed by atoms with Gasteiger partial charge in [0.1, 0.15) is 5.82 Å². The number of rotatable bonds is 4. The lowest BCUT2D eigenvalue weighted by Gasteiger charge is -2.13. The van der Waals surface area contributed by atoms with Crippen molar-refractivity contribution in [1.82, 2.24) is 5.32 Å². The van der Waals surface area contributed by atoms with Crippen molar-refractivity contribution in [3.63, 3.8) is 0 Å². The number of anilines is 2. The zero-order valence-corrected chi connectivity index (χ0v) is 11.9. The minimum Gasteiger partial charge on any atom is -0.380 e. The molecule has 0 aromatic heterocycles. The summed E-state index contributed by atoms with van der Waals surface area (Å²) in [6.45, 7) is 1.94. The largest absolute Gasteiger partial charge is 0.380 e. The van der Waals surface area contributed by atoms with E-state index in [4.69, 9.17) is 4.74 Å². The lowest BCUT2D eigenvalue weighted by Crippen LogP contribution is -2.35. The molecule has 1 fully saturated rings. The van der Waals surface area contributed by atoms with E-state index in [-0.39, 0.29) is 23.6 Å². The summed E-state index contributed by atoms with van der Waals surface area (Å²) in [7, 11) is 1.59. The van der Waals surface area contributed by atoms with Crippen LogP contribution in [0.2, 0.25) is 0 Å². The summed E-state index contributed by atoms with van der Waals surface area (Å²) >= 11 is 0. The Labute approximate surface area is 122 Å². The quantitative estimate of drug-likeness (QED) is 0.777. The zero-order chi connectivity index (χ0) is 15.4. The molecular formula is C14H18FN3O3. The van der Waals surface area contributed by atoms with Gasteiger partial charge in [-0.3, -0.25) is 9.59 Å². The molecular weight excluding hydrogens is 277 g/mol. The second-order valence-electron chi connectivity index (χ2n) is 4.92. The van der Waals surface area contributed by atoms with Crippen molar-refractivity contribution in [3.05, 3.63) is 24.0 Å². The van der Waals surface area contributed by atoms with Crippen molar-refractivity contribution in [3.8, 4) is 0 Å². The highest BCUT2D eigenvalue weighted by atomic mass is 19.1. The minimum atomic E-state index is -0.557. The standard InChI is InChI=1S/C14H18FN3O3/c1-8(19)17-9-3-4-11(15)12(5-9)18-14(20)13-6-10(21-2)7-16-13/h3-5,10,13,16H,6-7H2,1-2H3,(H,17,19)(H,18,20). The number of methoxy groups -OCH3 is 1. The first-order valence-corrected chi connectivity index (χ1v) is 6.63. The molecule has 0 saturated carbocycles. The van der Waals surface area contributed by atoms with Crippen LogP contribution < -0.4 is 16.0 Å². The van der Waals surface area contributed by atoms with Crippen LogP contribution in [0.3, 0.4) is 0 Å². The third-order valence-electron chi connectivity index (χ3n) is 3.28. The number of carbonyl (C=O) groups excluding carboxylic acids is 2. The Hall–Kier alpha value is -1.99. The van der Waals surface area contributed by atoms with Crippen molar-refractivity contribution in [2.45, 2.75) is 25.5 Å². The topological polar surface area (TPSA) is 79.5 Å². The lowest BCUT2D eigenvalue weighted by atomic mass is 10.2. The first kappa shape index (κ1) is 15.4. The molecule has 1 heterocycles. The first-order chi connectivity index (χ1) is 9.99. The molecule has 1 aliphatic heterocycles. The maximum Gasteiger partial charge on any atom is 0.241 e. The van der Waals surface area contributed by atoms with E-state index in [9.17, 15) is 14.0 Å². The van der Waals surface area contributed by atoms with E-state index in [2.05, 4.69) is 16.0 Å². The summed E-state index contributed by atoms with van der Waals surface area (Å²) < 4.78 is 18.9. The summed E-state index contributed by atoms with van der Waals surface area (Å²) in [5.41, 5.74) is 0.460. The van der Waals surface area contributed by atoms with Gasteiger partial charge in [0.05, 0.1) is 17.8 Å². The van der Waals surface area contributed by atoms with E-state index >= 15 is 0 Å².